The van der Waals surface area contributed by atoms with Crippen molar-refractivity contribution in [3.63, 3.8) is 0 Å². The number of rotatable bonds is 6. The molecular formula is C30H42CuFeN2O2. The average molecular weight is 582 g/mol. The molecular weight excluding hydrogens is 540 g/mol. The standard InChI is InChI=1S/C27H37N2.2CHO.CH3.Cu.Fe/c1-18(2)22-11-9-12-23(19(3)4)26(22)28-15-16-29(17-28)27-24(20(5)6)13-10-14-25(27)21(7)8;2*1-2;;;/h9-21H,1-8H3;2*1H;1H3;;/q4*-1;2*+2. The third-order valence-corrected chi connectivity index (χ3v) is 5.84. The van der Waals surface area contributed by atoms with Gasteiger partial charge in [-0.25, -0.2) is 0 Å². The molecule has 1 aliphatic heterocycles. The maximum atomic E-state index is 7.75. The Kier molecular flexibility index (Phi) is 19.8. The second kappa shape index (κ2) is 18.4. The van der Waals surface area contributed by atoms with Crippen LogP contribution < -0.4 is 9.80 Å². The Morgan fingerprint density at radius 3 is 1.00 bits per heavy atom. The number of hydrogen-bond acceptors (Lipinski definition) is 4. The first-order valence-electron chi connectivity index (χ1n) is 11.5. The first-order chi connectivity index (χ1) is 15.7. The Balaban J connectivity index is -0.00000148. The van der Waals surface area contributed by atoms with Crippen molar-refractivity contribution in [2.45, 2.75) is 79.1 Å². The van der Waals surface area contributed by atoms with E-state index in [1.165, 1.54) is 33.6 Å². The van der Waals surface area contributed by atoms with Gasteiger partial charge in [-0.15, -0.1) is 6.67 Å². The van der Waals surface area contributed by atoms with Crippen molar-refractivity contribution in [2.75, 3.05) is 9.80 Å². The van der Waals surface area contributed by atoms with Crippen molar-refractivity contribution >= 4 is 25.0 Å². The molecule has 203 valence electrons. The number of hydrogen-bond donors (Lipinski definition) is 0. The smallest absolute Gasteiger partial charge is 0.545 e. The number of para-hydroxylation sites is 2. The summed E-state index contributed by atoms with van der Waals surface area (Å²) >= 11 is 0. The summed E-state index contributed by atoms with van der Waals surface area (Å²) < 4.78 is 0. The molecule has 2 aromatic rings. The molecule has 0 N–H and O–H groups in total. The van der Waals surface area contributed by atoms with Gasteiger partial charge in [0.15, 0.2) is 0 Å². The predicted octanol–water partition coefficient (Wildman–Crippen LogP) is 7.99. The Morgan fingerprint density at radius 1 is 0.583 bits per heavy atom. The maximum Gasteiger partial charge on any atom is 2.00 e. The van der Waals surface area contributed by atoms with E-state index in [0.29, 0.717) is 23.7 Å². The third-order valence-electron chi connectivity index (χ3n) is 5.84. The van der Waals surface area contributed by atoms with Gasteiger partial charge in [0.25, 0.3) is 0 Å². The molecule has 1 radical (unpaired) electrons. The van der Waals surface area contributed by atoms with Gasteiger partial charge in [0, 0.05) is 11.4 Å². The fraction of sp³-hybridized carbons (Fsp3) is 0.400. The van der Waals surface area contributed by atoms with E-state index in [2.05, 4.69) is 134 Å². The molecule has 0 atom stereocenters. The molecule has 0 aromatic heterocycles. The SMILES string of the molecule is CC(C)c1cccc(C(C)C)c1N1C=CN(c2c(C(C)C)cccc2C(C)C)[CH-]1.[CH-]=O.[CH-]=O.[CH3-].[Cu+2].[Fe+2]. The first kappa shape index (κ1) is 38.7. The van der Waals surface area contributed by atoms with Crippen molar-refractivity contribution in [3.8, 4) is 0 Å². The number of carbonyl (C=O) groups excluding carboxylic acids is 2. The first-order valence-corrected chi connectivity index (χ1v) is 11.5. The molecule has 0 aliphatic carbocycles. The van der Waals surface area contributed by atoms with Crippen LogP contribution in [0.1, 0.15) is 101 Å². The minimum Gasteiger partial charge on any atom is -0.545 e. The summed E-state index contributed by atoms with van der Waals surface area (Å²) in [7, 11) is 0. The Bertz CT molecular complexity index is 803. The zero-order valence-electron chi connectivity index (χ0n) is 23.0. The van der Waals surface area contributed by atoms with Crippen LogP contribution in [0.4, 0.5) is 11.4 Å². The Hall–Kier alpha value is -1.84. The molecule has 0 spiro atoms. The molecule has 1 aliphatic rings. The molecule has 0 fully saturated rings. The minimum atomic E-state index is 0. The van der Waals surface area contributed by atoms with E-state index < -0.39 is 0 Å². The molecule has 1 heterocycles. The second-order valence-corrected chi connectivity index (χ2v) is 9.42. The number of anilines is 2. The fourth-order valence-electron chi connectivity index (χ4n) is 4.24. The fourth-order valence-corrected chi connectivity index (χ4v) is 4.24. The molecule has 2 aromatic carbocycles. The number of benzene rings is 2. The van der Waals surface area contributed by atoms with Gasteiger partial charge < -0.3 is 26.8 Å². The molecule has 0 amide bonds. The summed E-state index contributed by atoms with van der Waals surface area (Å²) in [4.78, 5) is 20.2. The van der Waals surface area contributed by atoms with Gasteiger partial charge >= 0.3 is 34.1 Å². The van der Waals surface area contributed by atoms with E-state index in [1.807, 2.05) is 0 Å². The van der Waals surface area contributed by atoms with Crippen LogP contribution in [-0.2, 0) is 43.7 Å². The average Bonchev–Trinajstić information content (AvgIpc) is 3.30. The van der Waals surface area contributed by atoms with Crippen molar-refractivity contribution < 1.29 is 43.7 Å². The van der Waals surface area contributed by atoms with E-state index >= 15 is 0 Å². The van der Waals surface area contributed by atoms with Crippen LogP contribution in [0.2, 0.25) is 0 Å². The van der Waals surface area contributed by atoms with E-state index in [4.69, 9.17) is 9.59 Å². The van der Waals surface area contributed by atoms with Crippen LogP contribution in [0.5, 0.6) is 0 Å². The topological polar surface area (TPSA) is 40.6 Å². The zero-order chi connectivity index (χ0) is 25.3. The third kappa shape index (κ3) is 8.92. The van der Waals surface area contributed by atoms with Crippen molar-refractivity contribution in [1.29, 1.82) is 0 Å². The maximum absolute atomic E-state index is 7.75. The monoisotopic (exact) mass is 581 g/mol. The van der Waals surface area contributed by atoms with Crippen LogP contribution in [0.3, 0.4) is 0 Å². The summed E-state index contributed by atoms with van der Waals surface area (Å²) in [5, 5.41) is 0. The Morgan fingerprint density at radius 2 is 0.806 bits per heavy atom. The van der Waals surface area contributed by atoms with E-state index in [0.717, 1.165) is 0 Å². The Labute approximate surface area is 241 Å². The van der Waals surface area contributed by atoms with Crippen LogP contribution in [-0.4, -0.2) is 13.6 Å². The molecule has 3 rings (SSSR count). The summed E-state index contributed by atoms with van der Waals surface area (Å²) in [5.74, 6) is 1.92. The van der Waals surface area contributed by atoms with Crippen LogP contribution >= 0.6 is 0 Å². The molecule has 0 saturated carbocycles. The van der Waals surface area contributed by atoms with Crippen LogP contribution in [0.25, 0.3) is 0 Å². The van der Waals surface area contributed by atoms with Gasteiger partial charge in [-0.1, -0.05) is 91.8 Å². The van der Waals surface area contributed by atoms with E-state index in [1.54, 1.807) is 0 Å². The molecule has 0 unspecified atom stereocenters. The normalized spacial score (nSPS) is 11.8. The predicted molar refractivity (Wildman–Crippen MR) is 148 cm³/mol. The van der Waals surface area contributed by atoms with Gasteiger partial charge in [-0.3, -0.25) is 13.6 Å². The van der Waals surface area contributed by atoms with Gasteiger partial charge in [-0.2, -0.15) is 0 Å². The largest absolute Gasteiger partial charge is 2.00 e. The van der Waals surface area contributed by atoms with Crippen molar-refractivity contribution in [3.05, 3.63) is 85.1 Å². The summed E-state index contributed by atoms with van der Waals surface area (Å²) in [6, 6.07) is 13.5. The van der Waals surface area contributed by atoms with Crippen LogP contribution in [0, 0.1) is 14.1 Å². The van der Waals surface area contributed by atoms with Gasteiger partial charge in [0.05, 0.1) is 0 Å². The summed E-state index contributed by atoms with van der Waals surface area (Å²) in [5.41, 5.74) is 8.29. The molecule has 0 bridgehead atoms. The molecule has 6 heteroatoms. The second-order valence-electron chi connectivity index (χ2n) is 9.42. The van der Waals surface area contributed by atoms with Crippen LogP contribution in [0.15, 0.2) is 48.8 Å². The number of nitrogens with zero attached hydrogens (tertiary/aromatic N) is 2. The van der Waals surface area contributed by atoms with E-state index in [-0.39, 0.29) is 41.6 Å². The van der Waals surface area contributed by atoms with Gasteiger partial charge in [-0.05, 0) is 58.3 Å². The molecule has 4 nitrogen and oxygen atoms in total. The van der Waals surface area contributed by atoms with Gasteiger partial charge in [0.2, 0.25) is 0 Å². The zero-order valence-corrected chi connectivity index (χ0v) is 25.1. The summed E-state index contributed by atoms with van der Waals surface area (Å²) in [6.45, 7) is 27.0. The van der Waals surface area contributed by atoms with Gasteiger partial charge in [0.1, 0.15) is 0 Å². The summed E-state index contributed by atoms with van der Waals surface area (Å²) in [6.07, 6.45) is 4.43. The quantitative estimate of drug-likeness (QED) is 0.197. The van der Waals surface area contributed by atoms with Crippen molar-refractivity contribution in [1.82, 2.24) is 0 Å². The minimum absolute atomic E-state index is 0. The van der Waals surface area contributed by atoms with Crippen molar-refractivity contribution in [2.24, 2.45) is 0 Å². The molecule has 0 saturated heterocycles. The van der Waals surface area contributed by atoms with E-state index in [9.17, 15) is 0 Å². The molecule has 36 heavy (non-hydrogen) atoms.